The van der Waals surface area contributed by atoms with Gasteiger partial charge in [-0.15, -0.1) is 0 Å². The summed E-state index contributed by atoms with van der Waals surface area (Å²) >= 11 is 5.91. The zero-order chi connectivity index (χ0) is 13.8. The van der Waals surface area contributed by atoms with Crippen LogP contribution in [-0.2, 0) is 9.59 Å². The summed E-state index contributed by atoms with van der Waals surface area (Å²) in [5.41, 5.74) is 1.46. The molecule has 1 aliphatic rings. The van der Waals surface area contributed by atoms with Gasteiger partial charge in [-0.05, 0) is 49.9 Å². The SMILES string of the molecule is Cc1cc(NC(=O)C(=O)N2CCCCC2)ccc1Cl. The van der Waals surface area contributed by atoms with Crippen LogP contribution in [0.3, 0.4) is 0 Å². The van der Waals surface area contributed by atoms with Gasteiger partial charge in [-0.25, -0.2) is 0 Å². The van der Waals surface area contributed by atoms with Crippen LogP contribution in [0.15, 0.2) is 18.2 Å². The number of likely N-dealkylation sites (tertiary alicyclic amines) is 1. The first-order chi connectivity index (χ1) is 9.08. The summed E-state index contributed by atoms with van der Waals surface area (Å²) in [6.07, 6.45) is 3.07. The van der Waals surface area contributed by atoms with Crippen molar-refractivity contribution in [3.8, 4) is 0 Å². The van der Waals surface area contributed by atoms with Crippen LogP contribution in [-0.4, -0.2) is 29.8 Å². The van der Waals surface area contributed by atoms with Crippen LogP contribution < -0.4 is 5.32 Å². The van der Waals surface area contributed by atoms with E-state index in [-0.39, 0.29) is 0 Å². The molecule has 1 aromatic rings. The molecular weight excluding hydrogens is 264 g/mol. The van der Waals surface area contributed by atoms with Gasteiger partial charge in [-0.1, -0.05) is 11.6 Å². The number of aryl methyl sites for hydroxylation is 1. The summed E-state index contributed by atoms with van der Waals surface area (Å²) in [6, 6.07) is 5.15. The van der Waals surface area contributed by atoms with Crippen LogP contribution in [0.1, 0.15) is 24.8 Å². The second kappa shape index (κ2) is 6.06. The second-order valence-electron chi connectivity index (χ2n) is 4.77. The molecule has 1 N–H and O–H groups in total. The van der Waals surface area contributed by atoms with Crippen LogP contribution in [0.2, 0.25) is 5.02 Å². The molecule has 1 fully saturated rings. The number of amides is 2. The molecule has 0 bridgehead atoms. The summed E-state index contributed by atoms with van der Waals surface area (Å²) in [6.45, 7) is 3.20. The van der Waals surface area contributed by atoms with Crippen molar-refractivity contribution in [2.45, 2.75) is 26.2 Å². The summed E-state index contributed by atoms with van der Waals surface area (Å²) in [4.78, 5) is 25.4. The first kappa shape index (κ1) is 13.9. The molecule has 19 heavy (non-hydrogen) atoms. The normalized spacial score (nSPS) is 15.2. The molecular formula is C14H17ClN2O2. The van der Waals surface area contributed by atoms with E-state index >= 15 is 0 Å². The highest BCUT2D eigenvalue weighted by Gasteiger charge is 2.23. The minimum absolute atomic E-state index is 0.452. The molecule has 102 valence electrons. The fourth-order valence-corrected chi connectivity index (χ4v) is 2.27. The van der Waals surface area contributed by atoms with E-state index < -0.39 is 11.8 Å². The average Bonchev–Trinajstić information content (AvgIpc) is 2.43. The Balaban J connectivity index is 1.99. The van der Waals surface area contributed by atoms with Gasteiger partial charge in [-0.2, -0.15) is 0 Å². The van der Waals surface area contributed by atoms with Crippen molar-refractivity contribution in [2.24, 2.45) is 0 Å². The zero-order valence-electron chi connectivity index (χ0n) is 10.9. The Morgan fingerprint density at radius 2 is 1.89 bits per heavy atom. The Hall–Kier alpha value is -1.55. The van der Waals surface area contributed by atoms with Crippen molar-refractivity contribution < 1.29 is 9.59 Å². The standard InChI is InChI=1S/C14H17ClN2O2/c1-10-9-11(5-6-12(10)15)16-13(18)14(19)17-7-3-2-4-8-17/h5-6,9H,2-4,7-8H2,1H3,(H,16,18). The van der Waals surface area contributed by atoms with Crippen molar-refractivity contribution in [3.63, 3.8) is 0 Å². The zero-order valence-corrected chi connectivity index (χ0v) is 11.7. The van der Waals surface area contributed by atoms with Crippen LogP contribution in [0.5, 0.6) is 0 Å². The molecule has 0 radical (unpaired) electrons. The highest BCUT2D eigenvalue weighted by molar-refractivity contribution is 6.39. The first-order valence-corrected chi connectivity index (χ1v) is 6.82. The summed E-state index contributed by atoms with van der Waals surface area (Å²) < 4.78 is 0. The molecule has 2 amide bonds. The lowest BCUT2D eigenvalue weighted by Gasteiger charge is -2.25. The highest BCUT2D eigenvalue weighted by atomic mass is 35.5. The molecule has 2 rings (SSSR count). The van der Waals surface area contributed by atoms with E-state index in [1.807, 2.05) is 6.92 Å². The number of nitrogens with zero attached hydrogens (tertiary/aromatic N) is 1. The molecule has 4 nitrogen and oxygen atoms in total. The molecule has 5 heteroatoms. The molecule has 0 atom stereocenters. The van der Waals surface area contributed by atoms with Gasteiger partial charge in [0.25, 0.3) is 0 Å². The number of halogens is 1. The minimum atomic E-state index is -0.580. The average molecular weight is 281 g/mol. The number of carbonyl (C=O) groups is 2. The molecule has 1 heterocycles. The minimum Gasteiger partial charge on any atom is -0.334 e. The highest BCUT2D eigenvalue weighted by Crippen LogP contribution is 2.19. The topological polar surface area (TPSA) is 49.4 Å². The van der Waals surface area contributed by atoms with Crippen LogP contribution >= 0.6 is 11.6 Å². The van der Waals surface area contributed by atoms with Gasteiger partial charge in [0.1, 0.15) is 0 Å². The van der Waals surface area contributed by atoms with E-state index in [0.29, 0.717) is 23.8 Å². The summed E-state index contributed by atoms with van der Waals surface area (Å²) in [5, 5.41) is 3.26. The van der Waals surface area contributed by atoms with Crippen LogP contribution in [0, 0.1) is 6.92 Å². The quantitative estimate of drug-likeness (QED) is 0.804. The molecule has 1 saturated heterocycles. The molecule has 0 saturated carbocycles. The Morgan fingerprint density at radius 1 is 1.21 bits per heavy atom. The van der Waals surface area contributed by atoms with Crippen molar-refractivity contribution >= 4 is 29.1 Å². The van der Waals surface area contributed by atoms with Crippen molar-refractivity contribution in [1.82, 2.24) is 4.90 Å². The number of hydrogen-bond acceptors (Lipinski definition) is 2. The van der Waals surface area contributed by atoms with E-state index in [2.05, 4.69) is 5.32 Å². The van der Waals surface area contributed by atoms with Crippen molar-refractivity contribution in [3.05, 3.63) is 28.8 Å². The molecule has 0 unspecified atom stereocenters. The van der Waals surface area contributed by atoms with Crippen molar-refractivity contribution in [1.29, 1.82) is 0 Å². The van der Waals surface area contributed by atoms with Crippen LogP contribution in [0.25, 0.3) is 0 Å². The smallest absolute Gasteiger partial charge is 0.313 e. The van der Waals surface area contributed by atoms with Gasteiger partial charge in [-0.3, -0.25) is 9.59 Å². The summed E-state index contributed by atoms with van der Waals surface area (Å²) in [7, 11) is 0. The lowest BCUT2D eigenvalue weighted by atomic mass is 10.1. The van der Waals surface area contributed by atoms with Gasteiger partial charge in [0.2, 0.25) is 0 Å². The Kier molecular flexibility index (Phi) is 4.43. The maximum absolute atomic E-state index is 11.9. The Bertz CT molecular complexity index is 496. The Labute approximate surface area is 117 Å². The monoisotopic (exact) mass is 280 g/mol. The Morgan fingerprint density at radius 3 is 2.53 bits per heavy atom. The first-order valence-electron chi connectivity index (χ1n) is 6.44. The third-order valence-corrected chi connectivity index (χ3v) is 3.68. The molecule has 0 aliphatic carbocycles. The van der Waals surface area contributed by atoms with Gasteiger partial charge in [0, 0.05) is 23.8 Å². The second-order valence-corrected chi connectivity index (χ2v) is 5.18. The van der Waals surface area contributed by atoms with Crippen LogP contribution in [0.4, 0.5) is 5.69 Å². The lowest BCUT2D eigenvalue weighted by Crippen LogP contribution is -2.42. The van der Waals surface area contributed by atoms with Crippen molar-refractivity contribution in [2.75, 3.05) is 18.4 Å². The third-order valence-electron chi connectivity index (χ3n) is 3.25. The van der Waals surface area contributed by atoms with E-state index in [9.17, 15) is 9.59 Å². The van der Waals surface area contributed by atoms with Gasteiger partial charge < -0.3 is 10.2 Å². The van der Waals surface area contributed by atoms with Gasteiger partial charge in [0.15, 0.2) is 0 Å². The third kappa shape index (κ3) is 3.47. The maximum atomic E-state index is 11.9. The van der Waals surface area contributed by atoms with E-state index in [0.717, 1.165) is 24.8 Å². The molecule has 0 spiro atoms. The number of hydrogen-bond donors (Lipinski definition) is 1. The largest absolute Gasteiger partial charge is 0.334 e. The molecule has 1 aromatic carbocycles. The van der Waals surface area contributed by atoms with E-state index in [1.54, 1.807) is 23.1 Å². The number of piperidine rings is 1. The fourth-order valence-electron chi connectivity index (χ4n) is 2.15. The number of benzene rings is 1. The number of nitrogens with one attached hydrogen (secondary N) is 1. The van der Waals surface area contributed by atoms with Gasteiger partial charge >= 0.3 is 11.8 Å². The number of carbonyl (C=O) groups excluding carboxylic acids is 2. The number of rotatable bonds is 1. The van der Waals surface area contributed by atoms with E-state index in [4.69, 9.17) is 11.6 Å². The maximum Gasteiger partial charge on any atom is 0.313 e. The fraction of sp³-hybridized carbons (Fsp3) is 0.429. The van der Waals surface area contributed by atoms with Gasteiger partial charge in [0.05, 0.1) is 0 Å². The number of anilines is 1. The molecule has 1 aliphatic heterocycles. The lowest BCUT2D eigenvalue weighted by molar-refractivity contribution is -0.143. The summed E-state index contributed by atoms with van der Waals surface area (Å²) in [5.74, 6) is -1.03. The molecule has 0 aromatic heterocycles. The van der Waals surface area contributed by atoms with E-state index in [1.165, 1.54) is 0 Å². The predicted molar refractivity (Wildman–Crippen MR) is 75.2 cm³/mol. The predicted octanol–water partition coefficient (Wildman–Crippen LogP) is 2.60.